The summed E-state index contributed by atoms with van der Waals surface area (Å²) < 4.78 is 21.5. The SMILES string of the molecule is C=CCO[Si](OC=C)(OCC=C)OCC=C. The molecule has 0 heterocycles. The summed E-state index contributed by atoms with van der Waals surface area (Å²) in [6.07, 6.45) is 6.00. The van der Waals surface area contributed by atoms with Gasteiger partial charge in [0.2, 0.25) is 0 Å². The fourth-order valence-corrected chi connectivity index (χ4v) is 2.44. The molecule has 0 aromatic rings. The first-order chi connectivity index (χ1) is 7.74. The second-order valence-electron chi connectivity index (χ2n) is 2.58. The van der Waals surface area contributed by atoms with Crippen LogP contribution in [-0.4, -0.2) is 28.9 Å². The maximum absolute atomic E-state index is 5.41. The first-order valence-corrected chi connectivity index (χ1v) is 6.41. The van der Waals surface area contributed by atoms with Gasteiger partial charge in [-0.2, -0.15) is 0 Å². The van der Waals surface area contributed by atoms with Crippen molar-refractivity contribution in [2.24, 2.45) is 0 Å². The zero-order valence-corrected chi connectivity index (χ0v) is 10.4. The Hall–Kier alpha value is -1.14. The van der Waals surface area contributed by atoms with Crippen molar-refractivity contribution in [1.29, 1.82) is 0 Å². The van der Waals surface area contributed by atoms with Gasteiger partial charge in [0.15, 0.2) is 0 Å². The molecule has 4 nitrogen and oxygen atoms in total. The van der Waals surface area contributed by atoms with Crippen LogP contribution in [0.1, 0.15) is 0 Å². The molecule has 0 atom stereocenters. The van der Waals surface area contributed by atoms with Gasteiger partial charge in [-0.3, -0.25) is 0 Å². The largest absolute Gasteiger partial charge is 0.750 e. The van der Waals surface area contributed by atoms with Gasteiger partial charge in [-0.1, -0.05) is 24.8 Å². The van der Waals surface area contributed by atoms with Crippen LogP contribution in [0.3, 0.4) is 0 Å². The highest BCUT2D eigenvalue weighted by Gasteiger charge is 2.47. The Morgan fingerprint density at radius 1 is 0.750 bits per heavy atom. The summed E-state index contributed by atoms with van der Waals surface area (Å²) in [7, 11) is -3.19. The van der Waals surface area contributed by atoms with Gasteiger partial charge in [0.25, 0.3) is 0 Å². The first kappa shape index (κ1) is 14.9. The third-order valence-electron chi connectivity index (χ3n) is 1.36. The molecule has 0 bridgehead atoms. The number of hydrogen-bond acceptors (Lipinski definition) is 4. The summed E-state index contributed by atoms with van der Waals surface area (Å²) in [4.78, 5) is 0. The van der Waals surface area contributed by atoms with Crippen molar-refractivity contribution in [2.75, 3.05) is 19.8 Å². The van der Waals surface area contributed by atoms with Crippen molar-refractivity contribution < 1.29 is 17.7 Å². The summed E-state index contributed by atoms with van der Waals surface area (Å²) in [6.45, 7) is 14.9. The van der Waals surface area contributed by atoms with Crippen LogP contribution in [0.2, 0.25) is 0 Å². The van der Waals surface area contributed by atoms with Gasteiger partial charge >= 0.3 is 9.05 Å². The molecule has 0 aliphatic rings. The normalized spacial score (nSPS) is 10.5. The Kier molecular flexibility index (Phi) is 8.46. The molecule has 0 aliphatic heterocycles. The minimum Gasteiger partial charge on any atom is -0.487 e. The molecular weight excluding hydrogens is 224 g/mol. The van der Waals surface area contributed by atoms with Crippen LogP contribution in [0.4, 0.5) is 0 Å². The molecular formula is C11H18O4Si. The van der Waals surface area contributed by atoms with Gasteiger partial charge in [-0.15, -0.1) is 19.7 Å². The lowest BCUT2D eigenvalue weighted by Crippen LogP contribution is -2.48. The maximum Gasteiger partial charge on any atom is 0.750 e. The molecule has 0 aliphatic carbocycles. The molecule has 0 radical (unpaired) electrons. The lowest BCUT2D eigenvalue weighted by atomic mass is 10.7. The summed E-state index contributed by atoms with van der Waals surface area (Å²) in [5.41, 5.74) is 0. The smallest absolute Gasteiger partial charge is 0.487 e. The predicted octanol–water partition coefficient (Wildman–Crippen LogP) is 2.19. The molecule has 0 rings (SSSR count). The minimum atomic E-state index is -3.19. The Morgan fingerprint density at radius 2 is 1.12 bits per heavy atom. The highest BCUT2D eigenvalue weighted by Crippen LogP contribution is 2.12. The number of hydrogen-bond donors (Lipinski definition) is 0. The highest BCUT2D eigenvalue weighted by atomic mass is 28.4. The van der Waals surface area contributed by atoms with E-state index in [0.29, 0.717) is 0 Å². The van der Waals surface area contributed by atoms with Crippen molar-refractivity contribution in [1.82, 2.24) is 0 Å². The van der Waals surface area contributed by atoms with Crippen LogP contribution < -0.4 is 0 Å². The lowest BCUT2D eigenvalue weighted by Gasteiger charge is -2.25. The van der Waals surface area contributed by atoms with E-state index in [9.17, 15) is 0 Å². The summed E-state index contributed by atoms with van der Waals surface area (Å²) in [5, 5.41) is 0. The van der Waals surface area contributed by atoms with Crippen molar-refractivity contribution in [3.8, 4) is 0 Å². The van der Waals surface area contributed by atoms with E-state index in [1.807, 2.05) is 0 Å². The van der Waals surface area contributed by atoms with Gasteiger partial charge in [-0.05, 0) is 0 Å². The van der Waals surface area contributed by atoms with Gasteiger partial charge in [0.05, 0.1) is 26.1 Å². The fraction of sp³-hybridized carbons (Fsp3) is 0.273. The standard InChI is InChI=1S/C11H18O4Si/c1-5-9-13-16(12-8-4,14-10-6-2)15-11-7-3/h5-8H,1-4,9-11H2. The predicted molar refractivity (Wildman–Crippen MR) is 65.5 cm³/mol. The second-order valence-corrected chi connectivity index (χ2v) is 4.69. The average Bonchev–Trinajstić information content (AvgIpc) is 2.31. The van der Waals surface area contributed by atoms with Crippen LogP contribution in [0.5, 0.6) is 0 Å². The molecule has 0 saturated heterocycles. The van der Waals surface area contributed by atoms with Crippen LogP contribution in [-0.2, 0) is 17.7 Å². The van der Waals surface area contributed by atoms with E-state index in [-0.39, 0.29) is 19.8 Å². The van der Waals surface area contributed by atoms with E-state index in [1.54, 1.807) is 18.2 Å². The quantitative estimate of drug-likeness (QED) is 0.316. The van der Waals surface area contributed by atoms with E-state index in [4.69, 9.17) is 17.7 Å². The molecule has 0 amide bonds. The highest BCUT2D eigenvalue weighted by molar-refractivity contribution is 6.53. The zero-order valence-electron chi connectivity index (χ0n) is 9.39. The molecule has 0 spiro atoms. The minimum absolute atomic E-state index is 0.272. The van der Waals surface area contributed by atoms with Crippen molar-refractivity contribution in [3.63, 3.8) is 0 Å². The lowest BCUT2D eigenvalue weighted by molar-refractivity contribution is 0.00730. The van der Waals surface area contributed by atoms with E-state index >= 15 is 0 Å². The Balaban J connectivity index is 4.54. The second kappa shape index (κ2) is 9.11. The van der Waals surface area contributed by atoms with Gasteiger partial charge in [-0.25, -0.2) is 0 Å². The topological polar surface area (TPSA) is 36.9 Å². The summed E-state index contributed by atoms with van der Waals surface area (Å²) >= 11 is 0. The summed E-state index contributed by atoms with van der Waals surface area (Å²) in [5.74, 6) is 0. The van der Waals surface area contributed by atoms with E-state index < -0.39 is 9.05 Å². The van der Waals surface area contributed by atoms with Crippen molar-refractivity contribution >= 4 is 9.05 Å². The Labute approximate surface area is 98.0 Å². The van der Waals surface area contributed by atoms with E-state index in [2.05, 4.69) is 26.3 Å². The van der Waals surface area contributed by atoms with E-state index in [1.165, 1.54) is 6.26 Å². The Bertz CT molecular complexity index is 209. The molecule has 90 valence electrons. The number of rotatable bonds is 11. The van der Waals surface area contributed by atoms with E-state index in [0.717, 1.165) is 0 Å². The van der Waals surface area contributed by atoms with Crippen LogP contribution >= 0.6 is 0 Å². The van der Waals surface area contributed by atoms with Crippen LogP contribution in [0.25, 0.3) is 0 Å². The van der Waals surface area contributed by atoms with Crippen molar-refractivity contribution in [2.45, 2.75) is 0 Å². The van der Waals surface area contributed by atoms with Gasteiger partial charge in [0, 0.05) is 0 Å². The third kappa shape index (κ3) is 5.67. The third-order valence-corrected chi connectivity index (χ3v) is 3.38. The molecule has 0 aromatic carbocycles. The molecule has 16 heavy (non-hydrogen) atoms. The van der Waals surface area contributed by atoms with Gasteiger partial charge in [0.1, 0.15) is 0 Å². The van der Waals surface area contributed by atoms with Crippen LogP contribution in [0, 0.1) is 0 Å². The van der Waals surface area contributed by atoms with Crippen LogP contribution in [0.15, 0.2) is 50.8 Å². The molecule has 5 heteroatoms. The Morgan fingerprint density at radius 3 is 1.38 bits per heavy atom. The average molecular weight is 242 g/mol. The molecule has 0 unspecified atom stereocenters. The first-order valence-electron chi connectivity index (χ1n) is 4.78. The van der Waals surface area contributed by atoms with Crippen molar-refractivity contribution in [3.05, 3.63) is 50.8 Å². The molecule has 0 N–H and O–H groups in total. The molecule has 0 aromatic heterocycles. The zero-order chi connectivity index (χ0) is 12.3. The maximum atomic E-state index is 5.41. The molecule has 0 fully saturated rings. The summed E-state index contributed by atoms with van der Waals surface area (Å²) in [6, 6.07) is 0. The monoisotopic (exact) mass is 242 g/mol. The van der Waals surface area contributed by atoms with Gasteiger partial charge < -0.3 is 17.7 Å². The fourth-order valence-electron chi connectivity index (χ4n) is 0.812. The molecule has 0 saturated carbocycles.